The zero-order chi connectivity index (χ0) is 18.1. The van der Waals surface area contributed by atoms with E-state index in [4.69, 9.17) is 9.47 Å². The van der Waals surface area contributed by atoms with E-state index in [0.29, 0.717) is 25.7 Å². The van der Waals surface area contributed by atoms with Gasteiger partial charge < -0.3 is 14.6 Å². The van der Waals surface area contributed by atoms with Crippen molar-refractivity contribution in [2.45, 2.75) is 54.4 Å². The molecule has 0 saturated heterocycles. The Bertz CT molecular complexity index is 362. The van der Waals surface area contributed by atoms with Crippen LogP contribution in [0.25, 0.3) is 0 Å². The minimum atomic E-state index is -0.411. The Hall–Kier alpha value is -0.870. The summed E-state index contributed by atoms with van der Waals surface area (Å²) in [6.07, 6.45) is 3.03. The number of esters is 1. The Morgan fingerprint density at radius 1 is 1.30 bits per heavy atom. The van der Waals surface area contributed by atoms with Gasteiger partial charge in [0.25, 0.3) is 0 Å². The van der Waals surface area contributed by atoms with Crippen molar-refractivity contribution in [1.82, 2.24) is 0 Å². The lowest BCUT2D eigenvalue weighted by atomic mass is 9.63. The first kappa shape index (κ1) is 22.1. The molecule has 4 heteroatoms. The zero-order valence-corrected chi connectivity index (χ0v) is 15.9. The summed E-state index contributed by atoms with van der Waals surface area (Å²) in [6.45, 7) is 17.6. The Labute approximate surface area is 142 Å². The number of carbonyl (C=O) groups is 1. The summed E-state index contributed by atoms with van der Waals surface area (Å²) >= 11 is 0. The maximum absolute atomic E-state index is 11.4. The number of hydrogen-bond acceptors (Lipinski definition) is 4. The normalized spacial score (nSPS) is 16.0. The van der Waals surface area contributed by atoms with Crippen molar-refractivity contribution in [2.75, 3.05) is 26.4 Å². The van der Waals surface area contributed by atoms with Gasteiger partial charge in [0.05, 0.1) is 13.2 Å². The molecular formula is C19H36O4. The van der Waals surface area contributed by atoms with Crippen LogP contribution in [0.3, 0.4) is 0 Å². The first-order valence-corrected chi connectivity index (χ1v) is 8.60. The highest BCUT2D eigenvalue weighted by molar-refractivity contribution is 5.81. The van der Waals surface area contributed by atoms with Crippen LogP contribution in [-0.4, -0.2) is 37.5 Å². The van der Waals surface area contributed by atoms with Crippen molar-refractivity contribution >= 4 is 5.97 Å². The quantitative estimate of drug-likeness (QED) is 0.336. The maximum atomic E-state index is 11.4. The highest BCUT2D eigenvalue weighted by Crippen LogP contribution is 2.43. The molecule has 0 heterocycles. The molecule has 0 rings (SSSR count). The SMILES string of the molecule is C=CC(=O)OCC(C)(CC)C(COCCC(C)C)C(C)(C)CO. The lowest BCUT2D eigenvalue weighted by Crippen LogP contribution is -2.45. The molecular weight excluding hydrogens is 292 g/mol. The summed E-state index contributed by atoms with van der Waals surface area (Å²) in [4.78, 5) is 11.4. The van der Waals surface area contributed by atoms with E-state index in [1.807, 2.05) is 13.8 Å². The molecule has 0 aromatic heterocycles. The first-order chi connectivity index (χ1) is 10.6. The fourth-order valence-electron chi connectivity index (χ4n) is 2.74. The predicted molar refractivity (Wildman–Crippen MR) is 94.2 cm³/mol. The summed E-state index contributed by atoms with van der Waals surface area (Å²) in [5, 5.41) is 9.81. The fraction of sp³-hybridized carbons (Fsp3) is 0.842. The molecule has 0 radical (unpaired) electrons. The van der Waals surface area contributed by atoms with Crippen molar-refractivity contribution in [3.05, 3.63) is 12.7 Å². The van der Waals surface area contributed by atoms with Crippen LogP contribution in [0, 0.1) is 22.7 Å². The van der Waals surface area contributed by atoms with Crippen molar-refractivity contribution in [3.63, 3.8) is 0 Å². The minimum Gasteiger partial charge on any atom is -0.462 e. The second-order valence-electron chi connectivity index (χ2n) is 7.78. The molecule has 2 atom stereocenters. The summed E-state index contributed by atoms with van der Waals surface area (Å²) in [5.74, 6) is 0.270. The first-order valence-electron chi connectivity index (χ1n) is 8.60. The number of aliphatic hydroxyl groups is 1. The average molecular weight is 328 g/mol. The minimum absolute atomic E-state index is 0.0657. The van der Waals surface area contributed by atoms with E-state index in [0.717, 1.165) is 12.8 Å². The predicted octanol–water partition coefficient (Wildman–Crippen LogP) is 3.83. The molecule has 0 aliphatic rings. The lowest BCUT2D eigenvalue weighted by Gasteiger charge is -2.45. The molecule has 0 aromatic rings. The van der Waals surface area contributed by atoms with Gasteiger partial charge in [0.2, 0.25) is 0 Å². The molecule has 0 aromatic carbocycles. The van der Waals surface area contributed by atoms with Gasteiger partial charge in [-0.2, -0.15) is 0 Å². The van der Waals surface area contributed by atoms with E-state index >= 15 is 0 Å². The molecule has 0 amide bonds. The van der Waals surface area contributed by atoms with E-state index in [-0.39, 0.29) is 23.4 Å². The molecule has 23 heavy (non-hydrogen) atoms. The van der Waals surface area contributed by atoms with Crippen LogP contribution in [0.5, 0.6) is 0 Å². The second-order valence-corrected chi connectivity index (χ2v) is 7.78. The maximum Gasteiger partial charge on any atom is 0.330 e. The molecule has 1 N–H and O–H groups in total. The molecule has 0 bridgehead atoms. The van der Waals surface area contributed by atoms with Gasteiger partial charge in [-0.05, 0) is 30.1 Å². The summed E-state index contributed by atoms with van der Waals surface area (Å²) in [5.41, 5.74) is -0.577. The number of hydrogen-bond donors (Lipinski definition) is 1. The van der Waals surface area contributed by atoms with Crippen molar-refractivity contribution < 1.29 is 19.4 Å². The van der Waals surface area contributed by atoms with Gasteiger partial charge in [-0.3, -0.25) is 0 Å². The van der Waals surface area contributed by atoms with Crippen LogP contribution in [-0.2, 0) is 14.3 Å². The molecule has 2 unspecified atom stereocenters. The zero-order valence-electron chi connectivity index (χ0n) is 15.9. The van der Waals surface area contributed by atoms with Crippen LogP contribution in [0.1, 0.15) is 54.4 Å². The van der Waals surface area contributed by atoms with Gasteiger partial charge in [0.15, 0.2) is 0 Å². The van der Waals surface area contributed by atoms with Crippen LogP contribution in [0.4, 0.5) is 0 Å². The van der Waals surface area contributed by atoms with Crippen LogP contribution in [0.2, 0.25) is 0 Å². The van der Waals surface area contributed by atoms with Crippen molar-refractivity contribution in [3.8, 4) is 0 Å². The van der Waals surface area contributed by atoms with Gasteiger partial charge in [-0.25, -0.2) is 4.79 Å². The van der Waals surface area contributed by atoms with Gasteiger partial charge in [0.1, 0.15) is 0 Å². The summed E-state index contributed by atoms with van der Waals surface area (Å²) < 4.78 is 11.2. The molecule has 0 fully saturated rings. The topological polar surface area (TPSA) is 55.8 Å². The largest absolute Gasteiger partial charge is 0.462 e. The van der Waals surface area contributed by atoms with Crippen LogP contribution < -0.4 is 0 Å². The highest BCUT2D eigenvalue weighted by Gasteiger charge is 2.43. The smallest absolute Gasteiger partial charge is 0.330 e. The van der Waals surface area contributed by atoms with Gasteiger partial charge >= 0.3 is 5.97 Å². The molecule has 0 aliphatic heterocycles. The Morgan fingerprint density at radius 3 is 2.35 bits per heavy atom. The summed E-state index contributed by atoms with van der Waals surface area (Å²) in [6, 6.07) is 0. The Morgan fingerprint density at radius 2 is 1.91 bits per heavy atom. The molecule has 136 valence electrons. The molecule has 0 spiro atoms. The number of ether oxygens (including phenoxy) is 2. The number of aliphatic hydroxyl groups excluding tert-OH is 1. The molecule has 4 nitrogen and oxygen atoms in total. The van der Waals surface area contributed by atoms with E-state index in [9.17, 15) is 9.90 Å². The molecule has 0 saturated carbocycles. The standard InChI is InChI=1S/C19H36O4/c1-8-17(21)23-14-19(7,9-2)16(18(5,6)13-20)12-22-11-10-15(3)4/h8,15-16,20H,1,9-14H2,2-7H3. The third-order valence-electron chi connectivity index (χ3n) is 4.83. The van der Waals surface area contributed by atoms with E-state index in [1.165, 1.54) is 6.08 Å². The second kappa shape index (κ2) is 10.1. The van der Waals surface area contributed by atoms with Crippen LogP contribution in [0.15, 0.2) is 12.7 Å². The highest BCUT2D eigenvalue weighted by atomic mass is 16.5. The van der Waals surface area contributed by atoms with E-state index in [1.54, 1.807) is 0 Å². The Balaban J connectivity index is 5.04. The van der Waals surface area contributed by atoms with Gasteiger partial charge in [-0.1, -0.05) is 48.1 Å². The average Bonchev–Trinajstić information content (AvgIpc) is 2.51. The third kappa shape index (κ3) is 7.49. The van der Waals surface area contributed by atoms with Crippen LogP contribution >= 0.6 is 0 Å². The number of carbonyl (C=O) groups excluding carboxylic acids is 1. The number of rotatable bonds is 12. The van der Waals surface area contributed by atoms with Crippen molar-refractivity contribution in [1.29, 1.82) is 0 Å². The third-order valence-corrected chi connectivity index (χ3v) is 4.83. The van der Waals surface area contributed by atoms with Crippen molar-refractivity contribution in [2.24, 2.45) is 22.7 Å². The van der Waals surface area contributed by atoms with Gasteiger partial charge in [0, 0.05) is 24.7 Å². The fourth-order valence-corrected chi connectivity index (χ4v) is 2.74. The van der Waals surface area contributed by atoms with E-state index < -0.39 is 5.97 Å². The van der Waals surface area contributed by atoms with Gasteiger partial charge in [-0.15, -0.1) is 0 Å². The Kier molecular flexibility index (Phi) is 9.71. The molecule has 0 aliphatic carbocycles. The summed E-state index contributed by atoms with van der Waals surface area (Å²) in [7, 11) is 0. The van der Waals surface area contributed by atoms with E-state index in [2.05, 4.69) is 34.3 Å². The monoisotopic (exact) mass is 328 g/mol. The lowest BCUT2D eigenvalue weighted by molar-refractivity contribution is -0.146.